The number of rotatable bonds is 8. The summed E-state index contributed by atoms with van der Waals surface area (Å²) in [6.07, 6.45) is 2.01. The van der Waals surface area contributed by atoms with E-state index in [9.17, 15) is 19.7 Å². The molecule has 8 heteroatoms. The van der Waals surface area contributed by atoms with Gasteiger partial charge in [0.05, 0.1) is 11.1 Å². The van der Waals surface area contributed by atoms with Crippen molar-refractivity contribution in [3.05, 3.63) is 37.1 Å². The molecule has 118 valence electrons. The minimum Gasteiger partial charge on any atom is -0.316 e. The van der Waals surface area contributed by atoms with Crippen LogP contribution in [0.1, 0.15) is 27.2 Å². The van der Waals surface area contributed by atoms with E-state index >= 15 is 0 Å². The fourth-order valence-corrected chi connectivity index (χ4v) is 2.05. The molecule has 0 spiro atoms. The number of hydrogen-bond acceptors (Lipinski definition) is 5. The van der Waals surface area contributed by atoms with Crippen LogP contribution in [0, 0.1) is 16.0 Å². The third-order valence-electron chi connectivity index (χ3n) is 3.17. The summed E-state index contributed by atoms with van der Waals surface area (Å²) < 4.78 is 2.14. The Hall–Kier alpha value is -1.96. The molecule has 1 aromatic rings. The van der Waals surface area contributed by atoms with E-state index < -0.39 is 21.9 Å². The van der Waals surface area contributed by atoms with E-state index in [1.165, 1.54) is 4.57 Å². The van der Waals surface area contributed by atoms with Gasteiger partial charge in [0, 0.05) is 13.1 Å². The van der Waals surface area contributed by atoms with Crippen LogP contribution in [0.4, 0.5) is 5.69 Å². The van der Waals surface area contributed by atoms with E-state index in [1.54, 1.807) is 6.92 Å². The Morgan fingerprint density at radius 2 is 2.05 bits per heavy atom. The van der Waals surface area contributed by atoms with Crippen molar-refractivity contribution in [2.24, 2.45) is 5.92 Å². The minimum absolute atomic E-state index is 0.0225. The average Bonchev–Trinajstić information content (AvgIpc) is 2.43. The van der Waals surface area contributed by atoms with E-state index in [1.807, 2.05) is 13.8 Å². The molecule has 0 saturated carbocycles. The van der Waals surface area contributed by atoms with Gasteiger partial charge in [-0.1, -0.05) is 13.8 Å². The Bertz CT molecular complexity index is 605. The Balaban J connectivity index is 3.10. The molecule has 1 unspecified atom stereocenters. The highest BCUT2D eigenvalue weighted by atomic mass is 16.6. The van der Waals surface area contributed by atoms with E-state index in [4.69, 9.17) is 0 Å². The van der Waals surface area contributed by atoms with E-state index in [-0.39, 0.29) is 19.0 Å². The predicted octanol–water partition coefficient (Wildman–Crippen LogP) is 0.574. The summed E-state index contributed by atoms with van der Waals surface area (Å²) in [5.41, 5.74) is -1.90. The molecule has 1 aromatic heterocycles. The van der Waals surface area contributed by atoms with Crippen LogP contribution in [-0.4, -0.2) is 27.1 Å². The van der Waals surface area contributed by atoms with Crippen LogP contribution in [0.5, 0.6) is 0 Å². The summed E-state index contributed by atoms with van der Waals surface area (Å²) in [5.74, 6) is 0.0225. The summed E-state index contributed by atoms with van der Waals surface area (Å²) in [6, 6.07) is 0. The van der Waals surface area contributed by atoms with E-state index in [2.05, 4.69) is 5.32 Å². The molecule has 0 radical (unpaired) electrons. The van der Waals surface area contributed by atoms with E-state index in [0.717, 1.165) is 23.7 Å². The summed E-state index contributed by atoms with van der Waals surface area (Å²) in [4.78, 5) is 34.4. The molecule has 0 aromatic carbocycles. The molecule has 0 fully saturated rings. The zero-order valence-electron chi connectivity index (χ0n) is 12.7. The third kappa shape index (κ3) is 4.25. The monoisotopic (exact) mass is 298 g/mol. The highest BCUT2D eigenvalue weighted by Crippen LogP contribution is 2.02. The highest BCUT2D eigenvalue weighted by Gasteiger charge is 2.20. The largest absolute Gasteiger partial charge is 0.350 e. The molecule has 21 heavy (non-hydrogen) atoms. The highest BCUT2D eigenvalue weighted by molar-refractivity contribution is 5.21. The Morgan fingerprint density at radius 3 is 2.57 bits per heavy atom. The molecule has 1 N–H and O–H groups in total. The third-order valence-corrected chi connectivity index (χ3v) is 3.17. The first kappa shape index (κ1) is 17.1. The number of nitro groups is 1. The second-order valence-electron chi connectivity index (χ2n) is 5.07. The molecule has 0 saturated heterocycles. The lowest BCUT2D eigenvalue weighted by molar-refractivity contribution is -0.387. The van der Waals surface area contributed by atoms with Crippen molar-refractivity contribution in [3.8, 4) is 0 Å². The van der Waals surface area contributed by atoms with Gasteiger partial charge < -0.3 is 5.32 Å². The summed E-state index contributed by atoms with van der Waals surface area (Å²) in [6.45, 7) is 7.58. The van der Waals surface area contributed by atoms with Crippen molar-refractivity contribution in [1.29, 1.82) is 0 Å². The molecular weight excluding hydrogens is 276 g/mol. The molecule has 1 atom stereocenters. The number of hydrogen-bond donors (Lipinski definition) is 1. The standard InChI is InChI=1S/C13H22N4O4/c1-4-6-14-7-10(3)8-16-12(18)11(17(20)21)9-15(5-2)13(16)19/h9-10,14H,4-8H2,1-3H3. The van der Waals surface area contributed by atoms with Crippen molar-refractivity contribution in [3.63, 3.8) is 0 Å². The topological polar surface area (TPSA) is 99.2 Å². The van der Waals surface area contributed by atoms with Gasteiger partial charge >= 0.3 is 16.9 Å². The van der Waals surface area contributed by atoms with Gasteiger partial charge in [0.1, 0.15) is 0 Å². The zero-order valence-corrected chi connectivity index (χ0v) is 12.7. The van der Waals surface area contributed by atoms with Gasteiger partial charge in [0.15, 0.2) is 0 Å². The molecule has 0 bridgehead atoms. The molecular formula is C13H22N4O4. The lowest BCUT2D eigenvalue weighted by Gasteiger charge is -2.14. The molecule has 0 aliphatic rings. The van der Waals surface area contributed by atoms with Crippen LogP contribution in [0.2, 0.25) is 0 Å². The molecule has 1 heterocycles. The Labute approximate surface area is 122 Å². The normalized spacial score (nSPS) is 12.3. The number of aromatic nitrogens is 2. The van der Waals surface area contributed by atoms with Crippen LogP contribution < -0.4 is 16.6 Å². The van der Waals surface area contributed by atoms with Gasteiger partial charge in [-0.3, -0.25) is 24.0 Å². The summed E-state index contributed by atoms with van der Waals surface area (Å²) >= 11 is 0. The van der Waals surface area contributed by atoms with Gasteiger partial charge in [-0.2, -0.15) is 0 Å². The molecule has 0 aliphatic carbocycles. The lowest BCUT2D eigenvalue weighted by atomic mass is 10.2. The maximum Gasteiger partial charge on any atom is 0.350 e. The van der Waals surface area contributed by atoms with Gasteiger partial charge in [0.25, 0.3) is 0 Å². The van der Waals surface area contributed by atoms with Gasteiger partial charge in [-0.05, 0) is 32.4 Å². The minimum atomic E-state index is -0.836. The van der Waals surface area contributed by atoms with Crippen LogP contribution in [-0.2, 0) is 13.1 Å². The maximum absolute atomic E-state index is 12.1. The second kappa shape index (κ2) is 7.72. The van der Waals surface area contributed by atoms with Crippen molar-refractivity contribution in [1.82, 2.24) is 14.5 Å². The van der Waals surface area contributed by atoms with Crippen molar-refractivity contribution >= 4 is 5.69 Å². The van der Waals surface area contributed by atoms with Gasteiger partial charge in [-0.25, -0.2) is 4.79 Å². The summed E-state index contributed by atoms with van der Waals surface area (Å²) in [5, 5.41) is 14.1. The maximum atomic E-state index is 12.1. The fourth-order valence-electron chi connectivity index (χ4n) is 2.05. The first-order chi connectivity index (χ1) is 9.92. The quantitative estimate of drug-likeness (QED) is 0.430. The lowest BCUT2D eigenvalue weighted by Crippen LogP contribution is -2.42. The van der Waals surface area contributed by atoms with Crippen LogP contribution >= 0.6 is 0 Å². The SMILES string of the molecule is CCCNCC(C)Cn1c(=O)c([N+](=O)[O-])cn(CC)c1=O. The van der Waals surface area contributed by atoms with Gasteiger partial charge in [-0.15, -0.1) is 0 Å². The Kier molecular flexibility index (Phi) is 6.29. The number of aryl methyl sites for hydroxylation is 1. The average molecular weight is 298 g/mol. The molecule has 0 amide bonds. The van der Waals surface area contributed by atoms with Crippen molar-refractivity contribution < 1.29 is 4.92 Å². The number of nitrogens with one attached hydrogen (secondary N) is 1. The fraction of sp³-hybridized carbons (Fsp3) is 0.692. The number of nitrogens with zero attached hydrogens (tertiary/aromatic N) is 3. The molecule has 0 aliphatic heterocycles. The van der Waals surface area contributed by atoms with Crippen molar-refractivity contribution in [2.75, 3.05) is 13.1 Å². The van der Waals surface area contributed by atoms with E-state index in [0.29, 0.717) is 6.54 Å². The molecule has 8 nitrogen and oxygen atoms in total. The summed E-state index contributed by atoms with van der Waals surface area (Å²) in [7, 11) is 0. The van der Waals surface area contributed by atoms with Crippen LogP contribution in [0.25, 0.3) is 0 Å². The first-order valence-corrected chi connectivity index (χ1v) is 7.11. The predicted molar refractivity (Wildman–Crippen MR) is 79.6 cm³/mol. The first-order valence-electron chi connectivity index (χ1n) is 7.11. The van der Waals surface area contributed by atoms with Gasteiger partial charge in [0.2, 0.25) is 0 Å². The molecule has 1 rings (SSSR count). The van der Waals surface area contributed by atoms with Crippen molar-refractivity contribution in [2.45, 2.75) is 40.3 Å². The van der Waals surface area contributed by atoms with Crippen LogP contribution in [0.3, 0.4) is 0 Å². The second-order valence-corrected chi connectivity index (χ2v) is 5.07. The zero-order chi connectivity index (χ0) is 16.0. The van der Waals surface area contributed by atoms with Crippen LogP contribution in [0.15, 0.2) is 15.8 Å². The smallest absolute Gasteiger partial charge is 0.316 e. The Morgan fingerprint density at radius 1 is 1.38 bits per heavy atom.